The average Bonchev–Trinajstić information content (AvgIpc) is 3.12. The van der Waals surface area contributed by atoms with Crippen molar-refractivity contribution in [3.8, 4) is 0 Å². The van der Waals surface area contributed by atoms with Crippen molar-refractivity contribution in [1.29, 1.82) is 0 Å². The first-order valence-corrected chi connectivity index (χ1v) is 9.96. The number of carbonyl (C=O) groups is 4. The zero-order valence-corrected chi connectivity index (χ0v) is 17.2. The van der Waals surface area contributed by atoms with E-state index in [1.54, 1.807) is 0 Å². The minimum Gasteiger partial charge on any atom is -0.346 e. The number of carbonyl (C=O) groups excluding carboxylic acids is 4. The number of fused-ring (bicyclic) bond motifs is 1. The van der Waals surface area contributed by atoms with Crippen LogP contribution in [-0.4, -0.2) is 34.6 Å². The molecular weight excluding hydrogens is 444 g/mol. The molecule has 2 heterocycles. The van der Waals surface area contributed by atoms with Gasteiger partial charge in [-0.1, -0.05) is 35.8 Å². The number of piperidine rings is 1. The summed E-state index contributed by atoms with van der Waals surface area (Å²) in [5.74, 6) is -7.72. The van der Waals surface area contributed by atoms with Crippen LogP contribution in [0.25, 0.3) is 0 Å². The lowest BCUT2D eigenvalue weighted by Gasteiger charge is -2.29. The minimum atomic E-state index is -4.12. The summed E-state index contributed by atoms with van der Waals surface area (Å²) >= 11 is 5.69. The van der Waals surface area contributed by atoms with E-state index in [4.69, 9.17) is 15.8 Å². The molecule has 32 heavy (non-hydrogen) atoms. The summed E-state index contributed by atoms with van der Waals surface area (Å²) in [6.07, 6.45) is 0.179. The fourth-order valence-electron chi connectivity index (χ4n) is 3.59. The number of alkyl halides is 2. The summed E-state index contributed by atoms with van der Waals surface area (Å²) < 4.78 is 53.7. The Kier molecular flexibility index (Phi) is 4.74. The van der Waals surface area contributed by atoms with Crippen LogP contribution < -0.4 is 10.6 Å². The summed E-state index contributed by atoms with van der Waals surface area (Å²) in [6.45, 7) is -2.06. The van der Waals surface area contributed by atoms with Gasteiger partial charge in [0.05, 0.1) is 2.74 Å². The molecule has 166 valence electrons. The minimum absolute atomic E-state index is 0.0536. The molecule has 2 N–H and O–H groups in total. The maximum absolute atomic E-state index is 14.7. The van der Waals surface area contributed by atoms with Gasteiger partial charge in [-0.05, 0) is 35.7 Å². The van der Waals surface area contributed by atoms with E-state index >= 15 is 0 Å². The Morgan fingerprint density at radius 3 is 2.72 bits per heavy atom. The summed E-state index contributed by atoms with van der Waals surface area (Å²) in [4.78, 5) is 50.1. The molecule has 2 aliphatic heterocycles. The normalized spacial score (nSPS) is 20.7. The number of nitrogens with one attached hydrogen (secondary N) is 2. The van der Waals surface area contributed by atoms with Crippen LogP contribution in [0.5, 0.6) is 0 Å². The quantitative estimate of drug-likeness (QED) is 0.665. The van der Waals surface area contributed by atoms with Gasteiger partial charge in [0.25, 0.3) is 11.8 Å². The topological polar surface area (TPSA) is 95.6 Å². The maximum Gasteiger partial charge on any atom is 0.349 e. The van der Waals surface area contributed by atoms with Crippen molar-refractivity contribution in [3.05, 3.63) is 69.7 Å². The first-order valence-electron chi connectivity index (χ1n) is 11.1. The smallest absolute Gasteiger partial charge is 0.346 e. The fourth-order valence-corrected chi connectivity index (χ4v) is 3.72. The highest BCUT2D eigenvalue weighted by Crippen LogP contribution is 2.30. The lowest BCUT2D eigenvalue weighted by atomic mass is 10.0. The van der Waals surface area contributed by atoms with E-state index in [-0.39, 0.29) is 40.8 Å². The van der Waals surface area contributed by atoms with Crippen molar-refractivity contribution < 1.29 is 32.1 Å². The molecule has 7 nitrogen and oxygen atoms in total. The predicted octanol–water partition coefficient (Wildman–Crippen LogP) is 2.51. The Balaban J connectivity index is 1.57. The molecule has 10 heteroatoms. The highest BCUT2D eigenvalue weighted by atomic mass is 35.5. The number of hydrogen-bond donors (Lipinski definition) is 2. The van der Waals surface area contributed by atoms with Gasteiger partial charge in [-0.3, -0.25) is 24.5 Å². The third-order valence-corrected chi connectivity index (χ3v) is 5.53. The average molecular weight is 465 g/mol. The van der Waals surface area contributed by atoms with Crippen LogP contribution in [0, 0.1) is 0 Å². The van der Waals surface area contributed by atoms with Gasteiger partial charge in [-0.25, -0.2) is 0 Å². The molecule has 1 saturated heterocycles. The highest BCUT2D eigenvalue weighted by molar-refractivity contribution is 6.30. The van der Waals surface area contributed by atoms with Crippen molar-refractivity contribution in [2.75, 3.05) is 0 Å². The highest BCUT2D eigenvalue weighted by Gasteiger charge is 2.41. The molecule has 4 amide bonds. The molecule has 2 aromatic carbocycles. The lowest BCUT2D eigenvalue weighted by molar-refractivity contribution is -0.147. The maximum atomic E-state index is 14.7. The Morgan fingerprint density at radius 1 is 1.31 bits per heavy atom. The van der Waals surface area contributed by atoms with Gasteiger partial charge in [0, 0.05) is 35.6 Å². The predicted molar refractivity (Wildman–Crippen MR) is 110 cm³/mol. The van der Waals surface area contributed by atoms with Crippen LogP contribution >= 0.6 is 11.6 Å². The summed E-state index contributed by atoms with van der Waals surface area (Å²) in [6, 6.07) is 5.26. The molecule has 2 aliphatic rings. The number of halogens is 3. The first kappa shape index (κ1) is 18.3. The monoisotopic (exact) mass is 464 g/mol. The van der Waals surface area contributed by atoms with E-state index in [1.807, 2.05) is 0 Å². The number of hydrogen-bond acceptors (Lipinski definition) is 4. The number of benzene rings is 2. The zero-order chi connectivity index (χ0) is 25.7. The first-order chi connectivity index (χ1) is 16.4. The number of rotatable bonds is 5. The van der Waals surface area contributed by atoms with Crippen LogP contribution in [-0.2, 0) is 33.4 Å². The van der Waals surface area contributed by atoms with Gasteiger partial charge >= 0.3 is 5.92 Å². The van der Waals surface area contributed by atoms with Gasteiger partial charge in [0.1, 0.15) is 6.04 Å². The second-order valence-electron chi connectivity index (χ2n) is 7.37. The van der Waals surface area contributed by atoms with E-state index < -0.39 is 53.7 Å². The number of imide groups is 1. The number of nitrogens with zero attached hydrogens (tertiary/aromatic N) is 1. The molecule has 0 bridgehead atoms. The Hall–Kier alpha value is -3.33. The van der Waals surface area contributed by atoms with E-state index in [9.17, 15) is 28.0 Å². The molecule has 2 atom stereocenters. The zero-order valence-electron chi connectivity index (χ0n) is 19.4. The van der Waals surface area contributed by atoms with Crippen LogP contribution in [0.15, 0.2) is 42.4 Å². The fraction of sp³-hybridized carbons (Fsp3) is 0.273. The van der Waals surface area contributed by atoms with E-state index in [2.05, 4.69) is 5.32 Å². The van der Waals surface area contributed by atoms with Crippen molar-refractivity contribution >= 4 is 35.2 Å². The SMILES string of the molecule is [2H]c1cc2c(cc1C([2H])N([2H])C(=O)C(F)(F)c1ccc(Cl)cc1)CN(C1CCC(=O)NC1=O)C2=O. The van der Waals surface area contributed by atoms with Crippen LogP contribution in [0.1, 0.15) is 42.6 Å². The van der Waals surface area contributed by atoms with Crippen LogP contribution in [0.3, 0.4) is 0 Å². The Labute approximate surface area is 191 Å². The third kappa shape index (κ3) is 4.08. The van der Waals surface area contributed by atoms with Crippen molar-refractivity contribution in [1.82, 2.24) is 15.5 Å². The molecular formula is C22H18ClF2N3O4. The summed E-state index contributed by atoms with van der Waals surface area (Å²) in [5, 5.41) is 2.12. The molecule has 1 fully saturated rings. The molecule has 2 unspecified atom stereocenters. The molecule has 0 aromatic heterocycles. The summed E-state index contributed by atoms with van der Waals surface area (Å²) in [7, 11) is 0. The second kappa shape index (κ2) is 8.31. The summed E-state index contributed by atoms with van der Waals surface area (Å²) in [5.41, 5.74) is -0.544. The number of amides is 4. The van der Waals surface area contributed by atoms with Gasteiger partial charge < -0.3 is 10.2 Å². The van der Waals surface area contributed by atoms with Crippen molar-refractivity contribution in [3.63, 3.8) is 0 Å². The van der Waals surface area contributed by atoms with Gasteiger partial charge in [0.2, 0.25) is 11.8 Å². The third-order valence-electron chi connectivity index (χ3n) is 5.27. The lowest BCUT2D eigenvalue weighted by Crippen LogP contribution is -2.52. The molecule has 0 spiro atoms. The Morgan fingerprint density at radius 2 is 2.03 bits per heavy atom. The van der Waals surface area contributed by atoms with Crippen LogP contribution in [0.4, 0.5) is 8.78 Å². The van der Waals surface area contributed by atoms with E-state index in [1.165, 1.54) is 11.0 Å². The van der Waals surface area contributed by atoms with Crippen molar-refractivity contribution in [2.45, 2.75) is 37.9 Å². The molecule has 0 aliphatic carbocycles. The molecule has 0 radical (unpaired) electrons. The standard InChI is InChI=1S/C22H18ClF2N3O4/c23-15-4-2-14(3-5-15)22(24,25)21(32)26-10-12-1-6-16-13(9-12)11-28(20(16)31)17-7-8-18(29)27-19(17)30/h1-6,9,17H,7-8,10-11H2,(H,26,32)(H,27,29,30)/i1D,10D/hD. The van der Waals surface area contributed by atoms with Gasteiger partial charge in [-0.2, -0.15) is 8.78 Å². The molecule has 2 aromatic rings. The van der Waals surface area contributed by atoms with E-state index in [0.29, 0.717) is 5.56 Å². The molecule has 4 rings (SSSR count). The largest absolute Gasteiger partial charge is 0.349 e. The van der Waals surface area contributed by atoms with Gasteiger partial charge in [-0.15, -0.1) is 0 Å². The second-order valence-corrected chi connectivity index (χ2v) is 7.81. The van der Waals surface area contributed by atoms with Crippen LogP contribution in [0.2, 0.25) is 6.43 Å². The molecule has 0 saturated carbocycles. The van der Waals surface area contributed by atoms with Crippen molar-refractivity contribution in [2.24, 2.45) is 0 Å². The van der Waals surface area contributed by atoms with Gasteiger partial charge in [0.15, 0.2) is 1.41 Å². The van der Waals surface area contributed by atoms with E-state index in [0.717, 1.165) is 30.3 Å². The Bertz CT molecular complexity index is 1250.